The Labute approximate surface area is 170 Å². The van der Waals surface area contributed by atoms with Crippen LogP contribution in [-0.4, -0.2) is 46.9 Å². The molecule has 0 bridgehead atoms. The van der Waals surface area contributed by atoms with Gasteiger partial charge in [-0.25, -0.2) is 9.78 Å². The Hall–Kier alpha value is -2.86. The van der Waals surface area contributed by atoms with Crippen LogP contribution in [0, 0.1) is 20.8 Å². The zero-order valence-electron chi connectivity index (χ0n) is 17.4. The average molecular weight is 393 g/mol. The predicted molar refractivity (Wildman–Crippen MR) is 114 cm³/mol. The summed E-state index contributed by atoms with van der Waals surface area (Å²) in [6.45, 7) is 11.2. The quantitative estimate of drug-likeness (QED) is 0.723. The second-order valence-electron chi connectivity index (χ2n) is 7.76. The molecule has 1 N–H and O–H groups in total. The summed E-state index contributed by atoms with van der Waals surface area (Å²) in [5, 5.41) is 9.85. The first-order valence-electron chi connectivity index (χ1n) is 10.0. The van der Waals surface area contributed by atoms with E-state index in [1.54, 1.807) is 6.07 Å². The van der Waals surface area contributed by atoms with Crippen molar-refractivity contribution in [3.63, 3.8) is 0 Å². The van der Waals surface area contributed by atoms with Gasteiger partial charge in [-0.3, -0.25) is 0 Å². The average Bonchev–Trinajstić information content (AvgIpc) is 3.05. The maximum absolute atomic E-state index is 12.0. The van der Waals surface area contributed by atoms with Gasteiger partial charge in [0.25, 0.3) is 0 Å². The Morgan fingerprint density at radius 2 is 1.90 bits per heavy atom. The molecular weight excluding hydrogens is 366 g/mol. The van der Waals surface area contributed by atoms with Crippen molar-refractivity contribution in [1.29, 1.82) is 0 Å². The number of morpholine rings is 1. The number of aryl methyl sites for hydroxylation is 2. The number of fused-ring (bicyclic) bond motifs is 1. The highest BCUT2D eigenvalue weighted by Crippen LogP contribution is 2.33. The molecule has 6 nitrogen and oxygen atoms in total. The number of aromatic nitrogens is 2. The molecule has 1 aliphatic rings. The van der Waals surface area contributed by atoms with E-state index in [2.05, 4.69) is 59.5 Å². The molecule has 0 aliphatic carbocycles. The minimum absolute atomic E-state index is 0.0430. The van der Waals surface area contributed by atoms with E-state index in [-0.39, 0.29) is 11.6 Å². The molecule has 1 fully saturated rings. The van der Waals surface area contributed by atoms with E-state index in [0.717, 1.165) is 30.1 Å². The summed E-state index contributed by atoms with van der Waals surface area (Å²) in [7, 11) is 0. The van der Waals surface area contributed by atoms with Gasteiger partial charge in [-0.05, 0) is 56.5 Å². The largest absolute Gasteiger partial charge is 0.478 e. The molecule has 0 spiro atoms. The van der Waals surface area contributed by atoms with E-state index < -0.39 is 5.97 Å². The predicted octanol–water partition coefficient (Wildman–Crippen LogP) is 4.11. The van der Waals surface area contributed by atoms with Crippen LogP contribution in [0.15, 0.2) is 30.3 Å². The molecule has 0 amide bonds. The maximum Gasteiger partial charge on any atom is 0.338 e. The molecule has 2 aromatic carbocycles. The summed E-state index contributed by atoms with van der Waals surface area (Å²) in [5.41, 5.74) is 6.29. The van der Waals surface area contributed by atoms with Crippen molar-refractivity contribution in [2.24, 2.45) is 0 Å². The second kappa shape index (κ2) is 7.52. The Bertz CT molecular complexity index is 1080. The summed E-state index contributed by atoms with van der Waals surface area (Å²) in [6, 6.07) is 10.2. The molecular formula is C23H27N3O3. The lowest BCUT2D eigenvalue weighted by atomic mass is 9.98. The van der Waals surface area contributed by atoms with Crippen molar-refractivity contribution in [2.45, 2.75) is 33.7 Å². The number of carbonyl (C=O) groups is 1. The molecule has 1 unspecified atom stereocenters. The van der Waals surface area contributed by atoms with Gasteiger partial charge in [0.15, 0.2) is 0 Å². The minimum Gasteiger partial charge on any atom is -0.478 e. The van der Waals surface area contributed by atoms with Crippen LogP contribution in [0.1, 0.15) is 45.8 Å². The molecule has 2 heterocycles. The molecule has 1 aromatic heterocycles. The number of rotatable bonds is 4. The molecule has 3 aromatic rings. The van der Waals surface area contributed by atoms with Gasteiger partial charge in [0.2, 0.25) is 0 Å². The Morgan fingerprint density at radius 1 is 1.17 bits per heavy atom. The van der Waals surface area contributed by atoms with Gasteiger partial charge in [-0.15, -0.1) is 0 Å². The Morgan fingerprint density at radius 3 is 2.59 bits per heavy atom. The van der Waals surface area contributed by atoms with Crippen molar-refractivity contribution in [3.8, 4) is 0 Å². The Kier molecular flexibility index (Phi) is 5.04. The summed E-state index contributed by atoms with van der Waals surface area (Å²) in [4.78, 5) is 18.9. The van der Waals surface area contributed by atoms with Crippen LogP contribution < -0.4 is 4.90 Å². The first-order valence-corrected chi connectivity index (χ1v) is 10.0. The molecule has 0 radical (unpaired) electrons. The van der Waals surface area contributed by atoms with Gasteiger partial charge in [-0.1, -0.05) is 18.2 Å². The molecule has 0 saturated carbocycles. The number of nitrogens with zero attached hydrogens (tertiary/aromatic N) is 3. The normalized spacial score (nSPS) is 15.7. The standard InChI is InChI=1S/C23H27N3O3/c1-14-6-5-7-19(15(14)2)16(3)26-17(4)24-22-20(23(27)28)12-18(13-21(22)26)25-8-10-29-11-9-25/h5-7,12-13,16H,8-11H2,1-4H3,(H,27,28). The number of imidazole rings is 1. The minimum atomic E-state index is -0.950. The van der Waals surface area contributed by atoms with Crippen molar-refractivity contribution < 1.29 is 14.6 Å². The molecule has 1 saturated heterocycles. The summed E-state index contributed by atoms with van der Waals surface area (Å²) >= 11 is 0. The molecule has 29 heavy (non-hydrogen) atoms. The van der Waals surface area contributed by atoms with Gasteiger partial charge in [0.1, 0.15) is 11.3 Å². The van der Waals surface area contributed by atoms with E-state index in [1.165, 1.54) is 16.7 Å². The van der Waals surface area contributed by atoms with Crippen LogP contribution in [0.25, 0.3) is 11.0 Å². The number of hydrogen-bond donors (Lipinski definition) is 1. The van der Waals surface area contributed by atoms with Gasteiger partial charge in [-0.2, -0.15) is 0 Å². The molecule has 4 rings (SSSR count). The van der Waals surface area contributed by atoms with Crippen LogP contribution in [0.4, 0.5) is 5.69 Å². The molecule has 6 heteroatoms. The summed E-state index contributed by atoms with van der Waals surface area (Å²) < 4.78 is 7.62. The van der Waals surface area contributed by atoms with Gasteiger partial charge >= 0.3 is 5.97 Å². The van der Waals surface area contributed by atoms with Crippen LogP contribution >= 0.6 is 0 Å². The van der Waals surface area contributed by atoms with E-state index in [1.807, 2.05) is 6.92 Å². The van der Waals surface area contributed by atoms with E-state index in [0.29, 0.717) is 18.7 Å². The first kappa shape index (κ1) is 19.5. The fourth-order valence-electron chi connectivity index (χ4n) is 4.32. The number of carboxylic acids is 1. The molecule has 1 aliphatic heterocycles. The highest BCUT2D eigenvalue weighted by Gasteiger charge is 2.23. The van der Waals surface area contributed by atoms with Crippen molar-refractivity contribution in [3.05, 3.63) is 58.4 Å². The number of anilines is 1. The highest BCUT2D eigenvalue weighted by atomic mass is 16.5. The SMILES string of the molecule is Cc1cccc(C(C)n2c(C)nc3c(C(=O)O)cc(N4CCOCC4)cc32)c1C. The fourth-order valence-corrected chi connectivity index (χ4v) is 4.32. The third kappa shape index (κ3) is 3.38. The molecule has 1 atom stereocenters. The van der Waals surface area contributed by atoms with Gasteiger partial charge < -0.3 is 19.3 Å². The summed E-state index contributed by atoms with van der Waals surface area (Å²) in [6.07, 6.45) is 0. The number of benzene rings is 2. The van der Waals surface area contributed by atoms with Crippen molar-refractivity contribution in [2.75, 3.05) is 31.2 Å². The van der Waals surface area contributed by atoms with Crippen LogP contribution in [0.3, 0.4) is 0 Å². The fraction of sp³-hybridized carbons (Fsp3) is 0.391. The maximum atomic E-state index is 12.0. The number of ether oxygens (including phenoxy) is 1. The highest BCUT2D eigenvalue weighted by molar-refractivity contribution is 6.03. The third-order valence-electron chi connectivity index (χ3n) is 6.05. The van der Waals surface area contributed by atoms with E-state index in [4.69, 9.17) is 4.74 Å². The first-order chi connectivity index (χ1) is 13.9. The number of carboxylic acid groups (broad SMARTS) is 1. The number of hydrogen-bond acceptors (Lipinski definition) is 4. The third-order valence-corrected chi connectivity index (χ3v) is 6.05. The summed E-state index contributed by atoms with van der Waals surface area (Å²) in [5.74, 6) is -0.135. The monoisotopic (exact) mass is 393 g/mol. The smallest absolute Gasteiger partial charge is 0.338 e. The van der Waals surface area contributed by atoms with Crippen LogP contribution in [-0.2, 0) is 4.74 Å². The van der Waals surface area contributed by atoms with Crippen LogP contribution in [0.2, 0.25) is 0 Å². The van der Waals surface area contributed by atoms with E-state index >= 15 is 0 Å². The van der Waals surface area contributed by atoms with Crippen molar-refractivity contribution in [1.82, 2.24) is 9.55 Å². The lowest BCUT2D eigenvalue weighted by molar-refractivity contribution is 0.0699. The lowest BCUT2D eigenvalue weighted by Crippen LogP contribution is -2.36. The number of aromatic carboxylic acids is 1. The van der Waals surface area contributed by atoms with Gasteiger partial charge in [0.05, 0.1) is 30.3 Å². The zero-order valence-corrected chi connectivity index (χ0v) is 17.4. The van der Waals surface area contributed by atoms with Gasteiger partial charge in [0, 0.05) is 18.8 Å². The lowest BCUT2D eigenvalue weighted by Gasteiger charge is -2.29. The Balaban J connectivity index is 1.92. The van der Waals surface area contributed by atoms with E-state index in [9.17, 15) is 9.90 Å². The zero-order chi connectivity index (χ0) is 20.7. The molecule has 152 valence electrons. The van der Waals surface area contributed by atoms with Crippen LogP contribution in [0.5, 0.6) is 0 Å². The second-order valence-corrected chi connectivity index (χ2v) is 7.76. The van der Waals surface area contributed by atoms with Crippen molar-refractivity contribution >= 4 is 22.7 Å². The topological polar surface area (TPSA) is 67.6 Å².